The van der Waals surface area contributed by atoms with Gasteiger partial charge in [0.15, 0.2) is 0 Å². The molecule has 0 aliphatic rings. The molecule has 3 N–H and O–H groups in total. The Morgan fingerprint density at radius 3 is 2.53 bits per heavy atom. The lowest BCUT2D eigenvalue weighted by atomic mass is 10.1. The first-order chi connectivity index (χ1) is 7.01. The highest BCUT2D eigenvalue weighted by Crippen LogP contribution is 2.19. The van der Waals surface area contributed by atoms with Crippen LogP contribution in [0.4, 0.5) is 5.69 Å². The molecular formula is C10H16N2O2S. The van der Waals surface area contributed by atoms with E-state index in [1.54, 1.807) is 19.1 Å². The zero-order valence-corrected chi connectivity index (χ0v) is 9.76. The number of sulfonamides is 1. The smallest absolute Gasteiger partial charge is 0.240 e. The zero-order chi connectivity index (χ0) is 11.5. The van der Waals surface area contributed by atoms with E-state index >= 15 is 0 Å². The van der Waals surface area contributed by atoms with Crippen LogP contribution in [0.25, 0.3) is 0 Å². The Hall–Kier alpha value is -1.07. The summed E-state index contributed by atoms with van der Waals surface area (Å²) in [6.07, 6.45) is 0.667. The Kier molecular flexibility index (Phi) is 3.71. The molecule has 1 rings (SSSR count). The van der Waals surface area contributed by atoms with Gasteiger partial charge in [0.1, 0.15) is 0 Å². The molecular weight excluding hydrogens is 212 g/mol. The van der Waals surface area contributed by atoms with Gasteiger partial charge in [0.05, 0.1) is 4.90 Å². The van der Waals surface area contributed by atoms with Gasteiger partial charge in [0.25, 0.3) is 0 Å². The van der Waals surface area contributed by atoms with Gasteiger partial charge in [-0.05, 0) is 24.1 Å². The maximum absolute atomic E-state index is 11.8. The normalized spacial score (nSPS) is 11.6. The highest BCUT2D eigenvalue weighted by atomic mass is 32.2. The summed E-state index contributed by atoms with van der Waals surface area (Å²) in [7, 11) is -3.41. The second-order valence-corrected chi connectivity index (χ2v) is 4.96. The summed E-state index contributed by atoms with van der Waals surface area (Å²) in [5.41, 5.74) is 6.83. The minimum absolute atomic E-state index is 0.284. The lowest BCUT2D eigenvalue weighted by Gasteiger charge is -2.09. The molecule has 0 saturated heterocycles. The third-order valence-electron chi connectivity index (χ3n) is 2.10. The molecule has 15 heavy (non-hydrogen) atoms. The highest BCUT2D eigenvalue weighted by Gasteiger charge is 2.16. The van der Waals surface area contributed by atoms with Crippen molar-refractivity contribution < 1.29 is 8.42 Å². The third kappa shape index (κ3) is 2.70. The lowest BCUT2D eigenvalue weighted by molar-refractivity contribution is 0.583. The van der Waals surface area contributed by atoms with Crippen molar-refractivity contribution >= 4 is 15.7 Å². The van der Waals surface area contributed by atoms with E-state index in [2.05, 4.69) is 4.72 Å². The number of benzene rings is 1. The Bertz CT molecular complexity index is 441. The molecule has 5 heteroatoms. The van der Waals surface area contributed by atoms with Gasteiger partial charge in [-0.3, -0.25) is 0 Å². The van der Waals surface area contributed by atoms with E-state index in [-0.39, 0.29) is 4.90 Å². The van der Waals surface area contributed by atoms with Crippen LogP contribution in [-0.2, 0) is 16.4 Å². The maximum Gasteiger partial charge on any atom is 0.240 e. The minimum Gasteiger partial charge on any atom is -0.399 e. The average Bonchev–Trinajstić information content (AvgIpc) is 2.17. The van der Waals surface area contributed by atoms with E-state index in [0.29, 0.717) is 18.7 Å². The molecule has 0 radical (unpaired) electrons. The number of hydrogen-bond donors (Lipinski definition) is 2. The van der Waals surface area contributed by atoms with Crippen molar-refractivity contribution in [2.45, 2.75) is 25.2 Å². The number of rotatable bonds is 4. The van der Waals surface area contributed by atoms with Crippen molar-refractivity contribution in [3.63, 3.8) is 0 Å². The van der Waals surface area contributed by atoms with Gasteiger partial charge >= 0.3 is 0 Å². The van der Waals surface area contributed by atoms with Crippen molar-refractivity contribution in [1.82, 2.24) is 4.72 Å². The fourth-order valence-electron chi connectivity index (χ4n) is 1.38. The molecule has 0 saturated carbocycles. The highest BCUT2D eigenvalue weighted by molar-refractivity contribution is 7.89. The fraction of sp³-hybridized carbons (Fsp3) is 0.400. The Labute approximate surface area is 90.5 Å². The van der Waals surface area contributed by atoms with Gasteiger partial charge < -0.3 is 5.73 Å². The van der Waals surface area contributed by atoms with Crippen LogP contribution in [0.15, 0.2) is 23.1 Å². The standard InChI is InChI=1S/C10H16N2O2S/c1-3-8-5-6-9(11)7-10(8)15(13,14)12-4-2/h5-7,12H,3-4,11H2,1-2H3. The summed E-state index contributed by atoms with van der Waals surface area (Å²) < 4.78 is 26.1. The van der Waals surface area contributed by atoms with Gasteiger partial charge in [0.2, 0.25) is 10.0 Å². The predicted molar refractivity (Wildman–Crippen MR) is 61.1 cm³/mol. The summed E-state index contributed by atoms with van der Waals surface area (Å²) in [6, 6.07) is 4.96. The number of nitrogens with two attached hydrogens (primary N) is 1. The molecule has 0 aliphatic heterocycles. The Morgan fingerprint density at radius 1 is 1.33 bits per heavy atom. The Morgan fingerprint density at radius 2 is 2.00 bits per heavy atom. The molecule has 4 nitrogen and oxygen atoms in total. The van der Waals surface area contributed by atoms with Gasteiger partial charge in [-0.25, -0.2) is 13.1 Å². The van der Waals surface area contributed by atoms with E-state index in [1.807, 2.05) is 6.92 Å². The van der Waals surface area contributed by atoms with Crippen LogP contribution in [0.1, 0.15) is 19.4 Å². The number of hydrogen-bond acceptors (Lipinski definition) is 3. The molecule has 1 aromatic rings. The molecule has 0 unspecified atom stereocenters. The first-order valence-corrected chi connectivity index (χ1v) is 6.37. The topological polar surface area (TPSA) is 72.2 Å². The fourth-order valence-corrected chi connectivity index (χ4v) is 2.77. The van der Waals surface area contributed by atoms with Crippen LogP contribution in [0.5, 0.6) is 0 Å². The SMILES string of the molecule is CCNS(=O)(=O)c1cc(N)ccc1CC. The van der Waals surface area contributed by atoms with Crippen LogP contribution >= 0.6 is 0 Å². The Balaban J connectivity index is 3.28. The third-order valence-corrected chi connectivity index (χ3v) is 3.72. The first kappa shape index (κ1) is 12.0. The van der Waals surface area contributed by atoms with E-state index in [1.165, 1.54) is 6.07 Å². The van der Waals surface area contributed by atoms with Crippen LogP contribution in [0, 0.1) is 0 Å². The summed E-state index contributed by atoms with van der Waals surface area (Å²) in [6.45, 7) is 4.03. The van der Waals surface area contributed by atoms with Crippen molar-refractivity contribution in [2.24, 2.45) is 0 Å². The number of anilines is 1. The second-order valence-electron chi connectivity index (χ2n) is 3.22. The van der Waals surface area contributed by atoms with Crippen molar-refractivity contribution in [2.75, 3.05) is 12.3 Å². The molecule has 0 atom stereocenters. The van der Waals surface area contributed by atoms with Crippen LogP contribution in [0.2, 0.25) is 0 Å². The van der Waals surface area contributed by atoms with E-state index in [9.17, 15) is 8.42 Å². The van der Waals surface area contributed by atoms with Crippen molar-refractivity contribution in [3.8, 4) is 0 Å². The molecule has 0 amide bonds. The average molecular weight is 228 g/mol. The largest absolute Gasteiger partial charge is 0.399 e. The molecule has 0 fully saturated rings. The van der Waals surface area contributed by atoms with Crippen molar-refractivity contribution in [3.05, 3.63) is 23.8 Å². The number of aryl methyl sites for hydroxylation is 1. The molecule has 0 spiro atoms. The lowest BCUT2D eigenvalue weighted by Crippen LogP contribution is -2.24. The second kappa shape index (κ2) is 4.63. The van der Waals surface area contributed by atoms with Crippen molar-refractivity contribution in [1.29, 1.82) is 0 Å². The van der Waals surface area contributed by atoms with E-state index in [4.69, 9.17) is 5.73 Å². The summed E-state index contributed by atoms with van der Waals surface area (Å²) in [4.78, 5) is 0.284. The van der Waals surface area contributed by atoms with Crippen LogP contribution in [-0.4, -0.2) is 15.0 Å². The van der Waals surface area contributed by atoms with E-state index < -0.39 is 10.0 Å². The molecule has 0 aromatic heterocycles. The summed E-state index contributed by atoms with van der Waals surface area (Å²) in [5.74, 6) is 0. The minimum atomic E-state index is -3.41. The van der Waals surface area contributed by atoms with Gasteiger partial charge in [-0.2, -0.15) is 0 Å². The van der Waals surface area contributed by atoms with Gasteiger partial charge in [-0.15, -0.1) is 0 Å². The van der Waals surface area contributed by atoms with Gasteiger partial charge in [0, 0.05) is 12.2 Å². The molecule has 1 aromatic carbocycles. The monoisotopic (exact) mass is 228 g/mol. The molecule has 0 aliphatic carbocycles. The number of nitrogen functional groups attached to an aromatic ring is 1. The predicted octanol–water partition coefficient (Wildman–Crippen LogP) is 1.13. The molecule has 84 valence electrons. The van der Waals surface area contributed by atoms with E-state index in [0.717, 1.165) is 5.56 Å². The summed E-state index contributed by atoms with van der Waals surface area (Å²) >= 11 is 0. The van der Waals surface area contributed by atoms with Crippen LogP contribution in [0.3, 0.4) is 0 Å². The zero-order valence-electron chi connectivity index (χ0n) is 8.95. The van der Waals surface area contributed by atoms with Gasteiger partial charge in [-0.1, -0.05) is 19.9 Å². The summed E-state index contributed by atoms with van der Waals surface area (Å²) in [5, 5.41) is 0. The first-order valence-electron chi connectivity index (χ1n) is 4.89. The molecule has 0 bridgehead atoms. The quantitative estimate of drug-likeness (QED) is 0.759. The number of nitrogens with one attached hydrogen (secondary N) is 1. The maximum atomic E-state index is 11.8. The molecule has 0 heterocycles. The van der Waals surface area contributed by atoms with Crippen LogP contribution < -0.4 is 10.5 Å².